The number of nitrogens with zero attached hydrogens (tertiary/aromatic N) is 1. The van der Waals surface area contributed by atoms with Crippen LogP contribution < -0.4 is 0 Å². The van der Waals surface area contributed by atoms with Crippen LogP contribution in [-0.2, 0) is 11.3 Å². The smallest absolute Gasteiger partial charge is 0.187 e. The second-order valence-corrected chi connectivity index (χ2v) is 8.66. The van der Waals surface area contributed by atoms with Crippen LogP contribution in [0.1, 0.15) is 22.3 Å². The lowest BCUT2D eigenvalue weighted by atomic mass is 9.93. The van der Waals surface area contributed by atoms with Gasteiger partial charge in [0.15, 0.2) is 5.78 Å². The molecule has 3 aromatic rings. The number of rotatable bonds is 4. The van der Waals surface area contributed by atoms with Gasteiger partial charge in [0.05, 0.1) is 0 Å². The lowest BCUT2D eigenvalue weighted by molar-refractivity contribution is -0.113. The van der Waals surface area contributed by atoms with Crippen LogP contribution in [0.15, 0.2) is 83.9 Å². The fraction of sp³-hybridized carbons (Fsp3) is 0.148. The van der Waals surface area contributed by atoms with Crippen LogP contribution in [0.4, 0.5) is 0 Å². The van der Waals surface area contributed by atoms with Crippen molar-refractivity contribution >= 4 is 41.1 Å². The Bertz CT molecular complexity index is 1090. The Morgan fingerprint density at radius 2 is 1.26 bits per heavy atom. The molecule has 2 nitrogen and oxygen atoms in total. The summed E-state index contributed by atoms with van der Waals surface area (Å²) in [6, 6.07) is 23.7. The molecule has 156 valence electrons. The Balaban J connectivity index is 1.70. The first-order valence-corrected chi connectivity index (χ1v) is 11.0. The molecule has 0 spiro atoms. The van der Waals surface area contributed by atoms with Crippen molar-refractivity contribution in [1.82, 2.24) is 4.90 Å². The topological polar surface area (TPSA) is 20.3 Å². The highest BCUT2D eigenvalue weighted by atomic mass is 35.5. The highest BCUT2D eigenvalue weighted by Crippen LogP contribution is 2.27. The number of piperidine rings is 1. The lowest BCUT2D eigenvalue weighted by Crippen LogP contribution is -2.37. The Kier molecular flexibility index (Phi) is 6.72. The summed E-state index contributed by atoms with van der Waals surface area (Å²) in [7, 11) is 0. The van der Waals surface area contributed by atoms with Crippen molar-refractivity contribution in [2.45, 2.75) is 13.5 Å². The summed E-state index contributed by atoms with van der Waals surface area (Å²) in [6.07, 6.45) is 3.82. The van der Waals surface area contributed by atoms with Gasteiger partial charge in [0.2, 0.25) is 0 Å². The van der Waals surface area contributed by atoms with E-state index in [0.717, 1.165) is 28.8 Å². The monoisotopic (exact) mass is 447 g/mol. The third-order valence-electron chi connectivity index (χ3n) is 5.37. The Labute approximate surface area is 193 Å². The van der Waals surface area contributed by atoms with E-state index in [1.807, 2.05) is 60.7 Å². The van der Waals surface area contributed by atoms with Gasteiger partial charge in [0.1, 0.15) is 0 Å². The van der Waals surface area contributed by atoms with E-state index in [-0.39, 0.29) is 5.78 Å². The van der Waals surface area contributed by atoms with E-state index in [2.05, 4.69) is 36.1 Å². The number of ketones is 1. The molecule has 4 heteroatoms. The predicted molar refractivity (Wildman–Crippen MR) is 130 cm³/mol. The molecule has 1 fully saturated rings. The number of halogens is 2. The summed E-state index contributed by atoms with van der Waals surface area (Å²) < 4.78 is 0. The minimum absolute atomic E-state index is 0.0417. The molecular formula is C27H23Cl2NO. The number of likely N-dealkylation sites (tertiary alicyclic amines) is 1. The predicted octanol–water partition coefficient (Wildman–Crippen LogP) is 6.85. The first-order valence-electron chi connectivity index (χ1n) is 10.2. The first-order chi connectivity index (χ1) is 15.0. The third-order valence-corrected chi connectivity index (χ3v) is 6.06. The molecule has 0 saturated carbocycles. The van der Waals surface area contributed by atoms with Gasteiger partial charge in [0.25, 0.3) is 0 Å². The highest BCUT2D eigenvalue weighted by Gasteiger charge is 2.26. The minimum atomic E-state index is 0.0417. The molecule has 1 heterocycles. The van der Waals surface area contributed by atoms with Crippen molar-refractivity contribution in [1.29, 1.82) is 0 Å². The summed E-state index contributed by atoms with van der Waals surface area (Å²) >= 11 is 12.7. The quantitative estimate of drug-likeness (QED) is 0.407. The maximum Gasteiger partial charge on any atom is 0.187 e. The summed E-state index contributed by atoms with van der Waals surface area (Å²) in [4.78, 5) is 15.6. The molecule has 1 aliphatic heterocycles. The summed E-state index contributed by atoms with van der Waals surface area (Å²) in [5.74, 6) is 0.0417. The average molecular weight is 448 g/mol. The van der Waals surface area contributed by atoms with Crippen LogP contribution in [-0.4, -0.2) is 23.8 Å². The molecule has 31 heavy (non-hydrogen) atoms. The second-order valence-electron chi connectivity index (χ2n) is 7.84. The van der Waals surface area contributed by atoms with Crippen molar-refractivity contribution in [3.63, 3.8) is 0 Å². The zero-order chi connectivity index (χ0) is 21.8. The number of Topliss-reactive ketones (excluding diaryl/α,β-unsaturated/α-hetero) is 1. The summed E-state index contributed by atoms with van der Waals surface area (Å²) in [6.45, 7) is 3.97. The lowest BCUT2D eigenvalue weighted by Gasteiger charge is -2.30. The van der Waals surface area contributed by atoms with Crippen molar-refractivity contribution < 1.29 is 4.79 Å². The number of carbonyl (C=O) groups is 1. The molecule has 0 bridgehead atoms. The molecule has 0 atom stereocenters. The summed E-state index contributed by atoms with van der Waals surface area (Å²) in [5, 5.41) is 1.27. The molecule has 0 radical (unpaired) electrons. The van der Waals surface area contributed by atoms with E-state index in [0.29, 0.717) is 23.1 Å². The van der Waals surface area contributed by atoms with Gasteiger partial charge in [-0.2, -0.15) is 0 Å². The van der Waals surface area contributed by atoms with Crippen LogP contribution in [0, 0.1) is 6.92 Å². The molecule has 1 saturated heterocycles. The van der Waals surface area contributed by atoms with E-state index in [9.17, 15) is 4.79 Å². The summed E-state index contributed by atoms with van der Waals surface area (Å²) in [5.41, 5.74) is 5.60. The van der Waals surface area contributed by atoms with E-state index < -0.39 is 0 Å². The van der Waals surface area contributed by atoms with Gasteiger partial charge in [-0.1, -0.05) is 89.4 Å². The van der Waals surface area contributed by atoms with Crippen molar-refractivity contribution in [3.05, 3.63) is 116 Å². The fourth-order valence-electron chi connectivity index (χ4n) is 3.73. The van der Waals surface area contributed by atoms with Crippen LogP contribution >= 0.6 is 23.2 Å². The van der Waals surface area contributed by atoms with Gasteiger partial charge in [-0.15, -0.1) is 0 Å². The Hall–Kier alpha value is -2.65. The van der Waals surface area contributed by atoms with Gasteiger partial charge < -0.3 is 0 Å². The van der Waals surface area contributed by atoms with Gasteiger partial charge in [-0.25, -0.2) is 0 Å². The molecular weight excluding hydrogens is 425 g/mol. The number of aryl methyl sites for hydroxylation is 1. The molecule has 4 rings (SSSR count). The fourth-order valence-corrected chi connectivity index (χ4v) is 4.11. The van der Waals surface area contributed by atoms with E-state index in [4.69, 9.17) is 23.2 Å². The van der Waals surface area contributed by atoms with Crippen LogP contribution in [0.25, 0.3) is 12.2 Å². The molecule has 0 N–H and O–H groups in total. The zero-order valence-electron chi connectivity index (χ0n) is 17.3. The average Bonchev–Trinajstić information content (AvgIpc) is 2.76. The molecule has 3 aromatic carbocycles. The minimum Gasteiger partial charge on any atom is -0.290 e. The van der Waals surface area contributed by atoms with Gasteiger partial charge in [-0.3, -0.25) is 9.69 Å². The zero-order valence-corrected chi connectivity index (χ0v) is 18.8. The molecule has 0 unspecified atom stereocenters. The standard InChI is InChI=1S/C27H23Cl2NO/c1-19-10-12-20(13-11-19)16-30-17-23(14-21-6-2-4-8-25(21)28)27(31)24(18-30)15-22-7-3-5-9-26(22)29/h2-15H,16-18H2,1H3. The largest absolute Gasteiger partial charge is 0.290 e. The van der Waals surface area contributed by atoms with Crippen molar-refractivity contribution in [3.8, 4) is 0 Å². The number of benzene rings is 3. The van der Waals surface area contributed by atoms with Gasteiger partial charge in [0, 0.05) is 40.8 Å². The number of hydrogen-bond acceptors (Lipinski definition) is 2. The second kappa shape index (κ2) is 9.65. The first kappa shape index (κ1) is 21.6. The number of hydrogen-bond donors (Lipinski definition) is 0. The van der Waals surface area contributed by atoms with Crippen LogP contribution in [0.3, 0.4) is 0 Å². The normalized spacial score (nSPS) is 17.5. The Morgan fingerprint density at radius 3 is 1.74 bits per heavy atom. The van der Waals surface area contributed by atoms with Crippen molar-refractivity contribution in [2.24, 2.45) is 0 Å². The van der Waals surface area contributed by atoms with Crippen molar-refractivity contribution in [2.75, 3.05) is 13.1 Å². The van der Waals surface area contributed by atoms with Gasteiger partial charge in [-0.05, 0) is 47.9 Å². The van der Waals surface area contributed by atoms with E-state index >= 15 is 0 Å². The van der Waals surface area contributed by atoms with Gasteiger partial charge >= 0.3 is 0 Å². The third kappa shape index (κ3) is 5.34. The molecule has 0 aliphatic carbocycles. The van der Waals surface area contributed by atoms with Crippen LogP contribution in [0.2, 0.25) is 10.0 Å². The highest BCUT2D eigenvalue weighted by molar-refractivity contribution is 6.33. The number of carbonyl (C=O) groups excluding carboxylic acids is 1. The van der Waals surface area contributed by atoms with E-state index in [1.54, 1.807) is 0 Å². The maximum atomic E-state index is 13.4. The molecule has 0 aromatic heterocycles. The SMILES string of the molecule is Cc1ccc(CN2CC(=Cc3ccccc3Cl)C(=O)C(=Cc3ccccc3Cl)C2)cc1. The molecule has 1 aliphatic rings. The molecule has 0 amide bonds. The van der Waals surface area contributed by atoms with Crippen LogP contribution in [0.5, 0.6) is 0 Å². The maximum absolute atomic E-state index is 13.4. The van der Waals surface area contributed by atoms with E-state index in [1.165, 1.54) is 11.1 Å². The Morgan fingerprint density at radius 1 is 0.774 bits per heavy atom.